The highest BCUT2D eigenvalue weighted by Crippen LogP contribution is 2.43. The van der Waals surface area contributed by atoms with E-state index >= 15 is 0 Å². The van der Waals surface area contributed by atoms with Crippen molar-refractivity contribution in [3.05, 3.63) is 105 Å². The van der Waals surface area contributed by atoms with Crippen molar-refractivity contribution in [3.63, 3.8) is 0 Å². The fraction of sp³-hybridized carbons (Fsp3) is 0.0833. The summed E-state index contributed by atoms with van der Waals surface area (Å²) in [4.78, 5) is 6.64. The highest BCUT2D eigenvalue weighted by Gasteiger charge is 2.42. The third kappa shape index (κ3) is 4.04. The second kappa shape index (κ2) is 8.87. The third-order valence-electron chi connectivity index (χ3n) is 5.33. The van der Waals surface area contributed by atoms with Crippen LogP contribution in [0, 0.1) is 0 Å². The van der Waals surface area contributed by atoms with Gasteiger partial charge in [0.05, 0.1) is 21.8 Å². The van der Waals surface area contributed by atoms with Gasteiger partial charge in [0.15, 0.2) is 5.11 Å². The van der Waals surface area contributed by atoms with Crippen LogP contribution in [0.5, 0.6) is 0 Å². The first-order valence-corrected chi connectivity index (χ1v) is 11.8. The van der Waals surface area contributed by atoms with E-state index in [1.165, 1.54) is 0 Å². The minimum Gasteiger partial charge on any atom is -0.459 e. The molecule has 3 heterocycles. The Bertz CT molecular complexity index is 1280. The van der Waals surface area contributed by atoms with Crippen LogP contribution in [-0.2, 0) is 0 Å². The number of rotatable bonds is 4. The standard InChI is InChI=1S/C24H16BrCl2N3OS/c25-15-5-7-16(8-6-15)30-23(22(29-24(30)32)19-3-1-2-12-28-19)21-11-10-20(31-21)14-4-9-17(26)18(27)13-14/h1-13,22-23H,(H,29,32). The molecular formula is C24H16BrCl2N3OS. The maximum Gasteiger partial charge on any atom is 0.174 e. The van der Waals surface area contributed by atoms with E-state index in [1.807, 2.05) is 60.7 Å². The number of aromatic nitrogens is 1. The van der Waals surface area contributed by atoms with Gasteiger partial charge in [0.1, 0.15) is 17.6 Å². The van der Waals surface area contributed by atoms with Crippen LogP contribution in [-0.4, -0.2) is 10.1 Å². The number of thiocarbonyl (C=S) groups is 1. The van der Waals surface area contributed by atoms with Gasteiger partial charge in [-0.15, -0.1) is 0 Å². The van der Waals surface area contributed by atoms with E-state index in [0.717, 1.165) is 27.2 Å². The molecule has 0 aliphatic carbocycles. The molecule has 1 saturated heterocycles. The van der Waals surface area contributed by atoms with Crippen LogP contribution in [0.25, 0.3) is 11.3 Å². The highest BCUT2D eigenvalue weighted by molar-refractivity contribution is 9.10. The topological polar surface area (TPSA) is 41.3 Å². The van der Waals surface area contributed by atoms with Crippen molar-refractivity contribution in [1.82, 2.24) is 10.3 Å². The predicted octanol–water partition coefficient (Wildman–Crippen LogP) is 7.59. The second-order valence-electron chi connectivity index (χ2n) is 7.30. The Morgan fingerprint density at radius 3 is 2.50 bits per heavy atom. The molecule has 1 fully saturated rings. The van der Waals surface area contributed by atoms with Crippen LogP contribution in [0.2, 0.25) is 10.0 Å². The largest absolute Gasteiger partial charge is 0.459 e. The molecule has 2 atom stereocenters. The summed E-state index contributed by atoms with van der Waals surface area (Å²) in [6.07, 6.45) is 1.78. The van der Waals surface area contributed by atoms with Crippen molar-refractivity contribution in [1.29, 1.82) is 0 Å². The van der Waals surface area contributed by atoms with E-state index in [1.54, 1.807) is 18.3 Å². The molecule has 4 aromatic rings. The van der Waals surface area contributed by atoms with Gasteiger partial charge < -0.3 is 14.6 Å². The van der Waals surface area contributed by atoms with E-state index in [-0.39, 0.29) is 12.1 Å². The normalized spacial score (nSPS) is 18.1. The Labute approximate surface area is 209 Å². The lowest BCUT2D eigenvalue weighted by atomic mass is 10.0. The lowest BCUT2D eigenvalue weighted by Gasteiger charge is -2.26. The summed E-state index contributed by atoms with van der Waals surface area (Å²) in [5.41, 5.74) is 2.69. The second-order valence-corrected chi connectivity index (χ2v) is 9.42. The van der Waals surface area contributed by atoms with Crippen LogP contribution in [0.3, 0.4) is 0 Å². The van der Waals surface area contributed by atoms with Crippen LogP contribution in [0.4, 0.5) is 5.69 Å². The van der Waals surface area contributed by atoms with Gasteiger partial charge in [-0.1, -0.05) is 45.2 Å². The molecule has 32 heavy (non-hydrogen) atoms. The number of hydrogen-bond donors (Lipinski definition) is 1. The van der Waals surface area contributed by atoms with E-state index in [4.69, 9.17) is 39.8 Å². The number of nitrogens with zero attached hydrogens (tertiary/aromatic N) is 2. The molecular weight excluding hydrogens is 529 g/mol. The molecule has 5 rings (SSSR count). The minimum atomic E-state index is -0.227. The molecule has 0 spiro atoms. The quantitative estimate of drug-likeness (QED) is 0.268. The monoisotopic (exact) mass is 543 g/mol. The van der Waals surface area contributed by atoms with Gasteiger partial charge in [-0.25, -0.2) is 0 Å². The van der Waals surface area contributed by atoms with E-state index in [9.17, 15) is 0 Å². The van der Waals surface area contributed by atoms with Gasteiger partial charge in [-0.3, -0.25) is 4.98 Å². The molecule has 0 amide bonds. The Morgan fingerprint density at radius 2 is 1.78 bits per heavy atom. The Hall–Kier alpha value is -2.38. The van der Waals surface area contributed by atoms with Gasteiger partial charge in [0.2, 0.25) is 0 Å². The number of hydrogen-bond acceptors (Lipinski definition) is 3. The summed E-state index contributed by atoms with van der Waals surface area (Å²) >= 11 is 21.5. The summed E-state index contributed by atoms with van der Waals surface area (Å²) in [7, 11) is 0. The highest BCUT2D eigenvalue weighted by atomic mass is 79.9. The molecule has 2 unspecified atom stereocenters. The lowest BCUT2D eigenvalue weighted by molar-refractivity contribution is 0.439. The van der Waals surface area contributed by atoms with E-state index in [2.05, 4.69) is 31.1 Å². The van der Waals surface area contributed by atoms with E-state index < -0.39 is 0 Å². The summed E-state index contributed by atoms with van der Waals surface area (Å²) in [6.45, 7) is 0. The lowest BCUT2D eigenvalue weighted by Crippen LogP contribution is -2.29. The van der Waals surface area contributed by atoms with Gasteiger partial charge in [-0.05, 0) is 78.9 Å². The van der Waals surface area contributed by atoms with Crippen LogP contribution in [0.1, 0.15) is 23.5 Å². The zero-order chi connectivity index (χ0) is 22.2. The van der Waals surface area contributed by atoms with Gasteiger partial charge in [-0.2, -0.15) is 0 Å². The number of nitrogens with one attached hydrogen (secondary N) is 1. The molecule has 0 bridgehead atoms. The Kier molecular flexibility index (Phi) is 5.95. The number of anilines is 1. The number of benzene rings is 2. The number of halogens is 3. The first kappa shape index (κ1) is 21.5. The van der Waals surface area contributed by atoms with Crippen molar-refractivity contribution in [2.24, 2.45) is 0 Å². The minimum absolute atomic E-state index is 0.180. The first-order chi connectivity index (χ1) is 15.5. The summed E-state index contributed by atoms with van der Waals surface area (Å²) < 4.78 is 7.34. The zero-order valence-corrected chi connectivity index (χ0v) is 20.4. The zero-order valence-electron chi connectivity index (χ0n) is 16.5. The van der Waals surface area contributed by atoms with Crippen molar-refractivity contribution >= 4 is 62.1 Å². The maximum atomic E-state index is 6.34. The molecule has 4 nitrogen and oxygen atoms in total. The maximum absolute atomic E-state index is 6.34. The summed E-state index contributed by atoms with van der Waals surface area (Å²) in [6, 6.07) is 22.8. The van der Waals surface area contributed by atoms with Crippen LogP contribution >= 0.6 is 51.3 Å². The first-order valence-electron chi connectivity index (χ1n) is 9.82. The molecule has 1 N–H and O–H groups in total. The smallest absolute Gasteiger partial charge is 0.174 e. The third-order valence-corrected chi connectivity index (χ3v) is 6.91. The molecule has 8 heteroatoms. The van der Waals surface area contributed by atoms with Crippen molar-refractivity contribution < 1.29 is 4.42 Å². The average molecular weight is 545 g/mol. The van der Waals surface area contributed by atoms with Gasteiger partial charge in [0, 0.05) is 21.9 Å². The Balaban J connectivity index is 1.59. The number of furan rings is 1. The predicted molar refractivity (Wildman–Crippen MR) is 136 cm³/mol. The Morgan fingerprint density at radius 1 is 0.969 bits per heavy atom. The molecule has 1 aliphatic rings. The fourth-order valence-electron chi connectivity index (χ4n) is 3.84. The van der Waals surface area contributed by atoms with E-state index in [0.29, 0.717) is 20.9 Å². The van der Waals surface area contributed by atoms with Crippen LogP contribution in [0.15, 0.2) is 87.9 Å². The molecule has 1 aliphatic heterocycles. The fourth-order valence-corrected chi connectivity index (χ4v) is 4.75. The average Bonchev–Trinajstić information content (AvgIpc) is 3.41. The van der Waals surface area contributed by atoms with Crippen molar-refractivity contribution in [2.45, 2.75) is 12.1 Å². The summed E-state index contributed by atoms with van der Waals surface area (Å²) in [5.74, 6) is 1.46. The summed E-state index contributed by atoms with van der Waals surface area (Å²) in [5, 5.41) is 5.03. The van der Waals surface area contributed by atoms with Gasteiger partial charge >= 0.3 is 0 Å². The number of pyridine rings is 1. The molecule has 0 radical (unpaired) electrons. The molecule has 2 aromatic heterocycles. The molecule has 0 saturated carbocycles. The van der Waals surface area contributed by atoms with Crippen molar-refractivity contribution in [3.8, 4) is 11.3 Å². The molecule has 160 valence electrons. The van der Waals surface area contributed by atoms with Crippen molar-refractivity contribution in [2.75, 3.05) is 4.90 Å². The SMILES string of the molecule is S=C1NC(c2ccccn2)C(c2ccc(-c3ccc(Cl)c(Cl)c3)o2)N1c1ccc(Br)cc1. The van der Waals surface area contributed by atoms with Crippen LogP contribution < -0.4 is 10.2 Å². The molecule has 2 aromatic carbocycles. The van der Waals surface area contributed by atoms with Gasteiger partial charge in [0.25, 0.3) is 0 Å².